The van der Waals surface area contributed by atoms with Crippen LogP contribution in [0.4, 0.5) is 0 Å². The molecule has 68 valence electrons. The average molecular weight is 175 g/mol. The van der Waals surface area contributed by atoms with Gasteiger partial charge in [0.15, 0.2) is 5.78 Å². The third-order valence-electron chi connectivity index (χ3n) is 1.78. The Kier molecular flexibility index (Phi) is 3.26. The molecule has 13 heavy (non-hydrogen) atoms. The normalized spacial score (nSPS) is 11.3. The minimum Gasteiger partial charge on any atom is -0.402 e. The number of allylic oxidation sites excluding steroid dienone is 2. The molecule has 0 aliphatic carbocycles. The van der Waals surface area contributed by atoms with E-state index in [2.05, 4.69) is 0 Å². The van der Waals surface area contributed by atoms with E-state index in [0.29, 0.717) is 17.7 Å². The SMILES string of the molecule is CCC(N)=CC(=O)c1ccccc1. The molecule has 2 heteroatoms. The number of nitrogens with two attached hydrogens (primary N) is 1. The highest BCUT2D eigenvalue weighted by Gasteiger charge is 2.00. The van der Waals surface area contributed by atoms with Gasteiger partial charge in [-0.1, -0.05) is 37.3 Å². The Balaban J connectivity index is 2.81. The van der Waals surface area contributed by atoms with E-state index in [1.165, 1.54) is 6.08 Å². The summed E-state index contributed by atoms with van der Waals surface area (Å²) in [6.45, 7) is 1.92. The molecule has 0 saturated carbocycles. The van der Waals surface area contributed by atoms with Gasteiger partial charge < -0.3 is 5.73 Å². The van der Waals surface area contributed by atoms with Crippen LogP contribution in [0, 0.1) is 0 Å². The number of ketones is 1. The van der Waals surface area contributed by atoms with Crippen molar-refractivity contribution >= 4 is 5.78 Å². The largest absolute Gasteiger partial charge is 0.402 e. The number of carbonyl (C=O) groups excluding carboxylic acids is 1. The number of hydrogen-bond acceptors (Lipinski definition) is 2. The van der Waals surface area contributed by atoms with Crippen LogP contribution < -0.4 is 5.73 Å². The Morgan fingerprint density at radius 3 is 2.54 bits per heavy atom. The molecule has 0 aliphatic heterocycles. The van der Waals surface area contributed by atoms with Crippen LogP contribution in [0.25, 0.3) is 0 Å². The lowest BCUT2D eigenvalue weighted by atomic mass is 10.1. The molecule has 0 unspecified atom stereocenters. The van der Waals surface area contributed by atoms with E-state index in [4.69, 9.17) is 5.73 Å². The van der Waals surface area contributed by atoms with Gasteiger partial charge in [0.25, 0.3) is 0 Å². The molecule has 0 atom stereocenters. The molecule has 0 amide bonds. The van der Waals surface area contributed by atoms with Crippen LogP contribution in [-0.4, -0.2) is 5.78 Å². The van der Waals surface area contributed by atoms with Gasteiger partial charge in [-0.2, -0.15) is 0 Å². The molecule has 0 spiro atoms. The monoisotopic (exact) mass is 175 g/mol. The first-order valence-corrected chi connectivity index (χ1v) is 4.29. The van der Waals surface area contributed by atoms with Gasteiger partial charge in [-0.25, -0.2) is 0 Å². The van der Waals surface area contributed by atoms with Crippen molar-refractivity contribution in [3.05, 3.63) is 47.7 Å². The van der Waals surface area contributed by atoms with E-state index in [1.807, 2.05) is 25.1 Å². The zero-order chi connectivity index (χ0) is 9.68. The first-order valence-electron chi connectivity index (χ1n) is 4.29. The Morgan fingerprint density at radius 1 is 1.38 bits per heavy atom. The molecule has 0 bridgehead atoms. The Labute approximate surface area is 78.1 Å². The van der Waals surface area contributed by atoms with Gasteiger partial charge in [0.1, 0.15) is 0 Å². The topological polar surface area (TPSA) is 43.1 Å². The van der Waals surface area contributed by atoms with Crippen LogP contribution >= 0.6 is 0 Å². The van der Waals surface area contributed by atoms with Crippen LogP contribution in [0.1, 0.15) is 23.7 Å². The highest BCUT2D eigenvalue weighted by molar-refractivity contribution is 6.04. The molecule has 2 nitrogen and oxygen atoms in total. The number of rotatable bonds is 3. The highest BCUT2D eigenvalue weighted by Crippen LogP contribution is 2.02. The molecular formula is C11H13NO. The van der Waals surface area contributed by atoms with E-state index < -0.39 is 0 Å². The Morgan fingerprint density at radius 2 is 2.00 bits per heavy atom. The third-order valence-corrected chi connectivity index (χ3v) is 1.78. The second-order valence-electron chi connectivity index (χ2n) is 2.80. The van der Waals surface area contributed by atoms with E-state index in [1.54, 1.807) is 12.1 Å². The van der Waals surface area contributed by atoms with Crippen molar-refractivity contribution in [1.29, 1.82) is 0 Å². The van der Waals surface area contributed by atoms with Crippen molar-refractivity contribution in [3.63, 3.8) is 0 Å². The van der Waals surface area contributed by atoms with Crippen LogP contribution in [0.3, 0.4) is 0 Å². The van der Waals surface area contributed by atoms with Crippen LogP contribution in [0.5, 0.6) is 0 Å². The summed E-state index contributed by atoms with van der Waals surface area (Å²) in [5.41, 5.74) is 6.85. The molecule has 0 heterocycles. The number of hydrogen-bond donors (Lipinski definition) is 1. The summed E-state index contributed by atoms with van der Waals surface area (Å²) < 4.78 is 0. The predicted octanol–water partition coefficient (Wildman–Crippen LogP) is 2.12. The van der Waals surface area contributed by atoms with Gasteiger partial charge in [-0.3, -0.25) is 4.79 Å². The minimum atomic E-state index is -0.0278. The molecule has 1 aromatic carbocycles. The maximum Gasteiger partial charge on any atom is 0.187 e. The summed E-state index contributed by atoms with van der Waals surface area (Å²) in [6, 6.07) is 9.11. The predicted molar refractivity (Wildman–Crippen MR) is 53.3 cm³/mol. The zero-order valence-corrected chi connectivity index (χ0v) is 7.66. The van der Waals surface area contributed by atoms with Crippen molar-refractivity contribution in [3.8, 4) is 0 Å². The fraction of sp³-hybridized carbons (Fsp3) is 0.182. The van der Waals surface area contributed by atoms with Gasteiger partial charge in [-0.05, 0) is 6.42 Å². The first-order chi connectivity index (χ1) is 6.24. The molecular weight excluding hydrogens is 162 g/mol. The van der Waals surface area contributed by atoms with Gasteiger partial charge >= 0.3 is 0 Å². The molecule has 0 aromatic heterocycles. The Hall–Kier alpha value is -1.57. The smallest absolute Gasteiger partial charge is 0.187 e. The molecule has 0 fully saturated rings. The lowest BCUT2D eigenvalue weighted by Gasteiger charge is -1.96. The second-order valence-corrected chi connectivity index (χ2v) is 2.80. The van der Waals surface area contributed by atoms with Crippen molar-refractivity contribution < 1.29 is 4.79 Å². The highest BCUT2D eigenvalue weighted by atomic mass is 16.1. The lowest BCUT2D eigenvalue weighted by molar-refractivity contribution is 0.104. The van der Waals surface area contributed by atoms with Crippen molar-refractivity contribution in [2.24, 2.45) is 5.73 Å². The summed E-state index contributed by atoms with van der Waals surface area (Å²) in [7, 11) is 0. The molecule has 0 saturated heterocycles. The standard InChI is InChI=1S/C11H13NO/c1-2-10(12)8-11(13)9-6-4-3-5-7-9/h3-8H,2,12H2,1H3. The maximum atomic E-state index is 11.5. The van der Waals surface area contributed by atoms with Gasteiger partial charge in [-0.15, -0.1) is 0 Å². The van der Waals surface area contributed by atoms with Crippen LogP contribution in [-0.2, 0) is 0 Å². The van der Waals surface area contributed by atoms with E-state index in [9.17, 15) is 4.79 Å². The van der Waals surface area contributed by atoms with Gasteiger partial charge in [0.05, 0.1) is 0 Å². The maximum absolute atomic E-state index is 11.5. The zero-order valence-electron chi connectivity index (χ0n) is 7.66. The summed E-state index contributed by atoms with van der Waals surface area (Å²) >= 11 is 0. The fourth-order valence-electron chi connectivity index (χ4n) is 0.956. The molecule has 0 aliphatic rings. The summed E-state index contributed by atoms with van der Waals surface area (Å²) in [5.74, 6) is -0.0278. The van der Waals surface area contributed by atoms with E-state index >= 15 is 0 Å². The minimum absolute atomic E-state index is 0.0278. The average Bonchev–Trinajstić information content (AvgIpc) is 2.19. The molecule has 1 rings (SSSR count). The van der Waals surface area contributed by atoms with E-state index in [-0.39, 0.29) is 5.78 Å². The van der Waals surface area contributed by atoms with Crippen LogP contribution in [0.15, 0.2) is 42.1 Å². The fourth-order valence-corrected chi connectivity index (χ4v) is 0.956. The summed E-state index contributed by atoms with van der Waals surface area (Å²) in [6.07, 6.45) is 2.19. The summed E-state index contributed by atoms with van der Waals surface area (Å²) in [5, 5.41) is 0. The number of benzene rings is 1. The number of carbonyl (C=O) groups is 1. The Bertz CT molecular complexity index is 314. The van der Waals surface area contributed by atoms with Gasteiger partial charge in [0, 0.05) is 17.3 Å². The van der Waals surface area contributed by atoms with Crippen molar-refractivity contribution in [2.45, 2.75) is 13.3 Å². The second kappa shape index (κ2) is 4.45. The van der Waals surface area contributed by atoms with Crippen molar-refractivity contribution in [2.75, 3.05) is 0 Å². The quantitative estimate of drug-likeness (QED) is 0.564. The van der Waals surface area contributed by atoms with Crippen molar-refractivity contribution in [1.82, 2.24) is 0 Å². The van der Waals surface area contributed by atoms with E-state index in [0.717, 1.165) is 0 Å². The lowest BCUT2D eigenvalue weighted by Crippen LogP contribution is -2.01. The van der Waals surface area contributed by atoms with Crippen LogP contribution in [0.2, 0.25) is 0 Å². The molecule has 0 radical (unpaired) electrons. The molecule has 2 N–H and O–H groups in total. The van der Waals surface area contributed by atoms with Gasteiger partial charge in [0.2, 0.25) is 0 Å². The third kappa shape index (κ3) is 2.75. The summed E-state index contributed by atoms with van der Waals surface area (Å²) in [4.78, 5) is 11.5. The molecule has 1 aromatic rings. The first kappa shape index (κ1) is 9.52.